The van der Waals surface area contributed by atoms with E-state index in [9.17, 15) is 0 Å². The normalized spacial score (nSPS) is 5.33. The van der Waals surface area contributed by atoms with E-state index in [-0.39, 0.29) is 27.3 Å². The largest absolute Gasteiger partial charge is 2.00 e. The molecule has 0 aliphatic carbocycles. The van der Waals surface area contributed by atoms with Crippen molar-refractivity contribution >= 4 is 45.6 Å². The molecule has 0 unspecified atom stereocenters. The van der Waals surface area contributed by atoms with Gasteiger partial charge in [-0.1, -0.05) is 0 Å². The Labute approximate surface area is 73.7 Å². The zero-order valence-electron chi connectivity index (χ0n) is 3.95. The summed E-state index contributed by atoms with van der Waals surface area (Å²) in [7, 11) is -7.26. The van der Waals surface area contributed by atoms with E-state index in [1.807, 2.05) is 0 Å². The van der Waals surface area contributed by atoms with Crippen molar-refractivity contribution in [3.8, 4) is 0 Å². The van der Waals surface area contributed by atoms with Gasteiger partial charge in [0.2, 0.25) is 0 Å². The van der Waals surface area contributed by atoms with Crippen LogP contribution in [-0.2, 0) is 8.92 Å². The molecule has 0 aromatic rings. The van der Waals surface area contributed by atoms with Gasteiger partial charge in [-0.25, -0.2) is 0 Å². The van der Waals surface area contributed by atoms with Gasteiger partial charge in [0, 0.05) is 18.3 Å². The van der Waals surface area contributed by atoms with E-state index in [1.165, 1.54) is 0 Å². The molecule has 50 valence electrons. The summed E-state index contributed by atoms with van der Waals surface area (Å²) in [5.41, 5.74) is 0. The van der Waals surface area contributed by atoms with Crippen molar-refractivity contribution in [1.82, 2.24) is 0 Å². The van der Waals surface area contributed by atoms with Gasteiger partial charge >= 0.3 is 27.3 Å². The number of hydrogen-bond donors (Lipinski definition) is 0. The van der Waals surface area contributed by atoms with Crippen LogP contribution in [0.25, 0.3) is 0 Å². The summed E-state index contributed by atoms with van der Waals surface area (Å²) >= 11 is 0. The maximum atomic E-state index is 8.52. The van der Waals surface area contributed by atoms with Crippen LogP contribution < -0.4 is 19.2 Å². The van der Waals surface area contributed by atoms with Crippen LogP contribution in [0.1, 0.15) is 0 Å². The number of hydrogen-bond acceptors (Lipinski definition) is 6. The molecule has 0 aliphatic rings. The Balaban J connectivity index is -0.0000000720. The smallest absolute Gasteiger partial charge is 0.672 e. The molecule has 6 nitrogen and oxygen atoms in total. The molecular formula is O6PbSi2-2. The minimum atomic E-state index is -3.63. The quantitative estimate of drug-likeness (QED) is 0.396. The fraction of sp³-hybridized carbons (Fsp3) is 0. The SMILES string of the molecule is O=[Si]([O-])[O-].O=[Si]([O-])[O-].[Pb+2]. The van der Waals surface area contributed by atoms with Gasteiger partial charge in [0.05, 0.1) is 0 Å². The maximum absolute atomic E-state index is 8.52. The zero-order valence-corrected chi connectivity index (χ0v) is 9.84. The van der Waals surface area contributed by atoms with Crippen molar-refractivity contribution in [2.24, 2.45) is 0 Å². The second kappa shape index (κ2) is 11.0. The minimum Gasteiger partial charge on any atom is -0.672 e. The Morgan fingerprint density at radius 2 is 0.778 bits per heavy atom. The van der Waals surface area contributed by atoms with Crippen LogP contribution in [0.4, 0.5) is 0 Å². The van der Waals surface area contributed by atoms with Crippen molar-refractivity contribution in [3.05, 3.63) is 0 Å². The van der Waals surface area contributed by atoms with E-state index in [1.54, 1.807) is 0 Å². The van der Waals surface area contributed by atoms with Gasteiger partial charge in [-0.15, -0.1) is 0 Å². The van der Waals surface area contributed by atoms with Crippen LogP contribution in [0.3, 0.4) is 0 Å². The molecule has 0 amide bonds. The van der Waals surface area contributed by atoms with E-state index < -0.39 is 18.3 Å². The van der Waals surface area contributed by atoms with Gasteiger partial charge in [0.15, 0.2) is 0 Å². The molecule has 2 radical (unpaired) electrons. The molecule has 0 aromatic carbocycles. The van der Waals surface area contributed by atoms with Gasteiger partial charge in [-0.2, -0.15) is 0 Å². The molecule has 9 heteroatoms. The van der Waals surface area contributed by atoms with Crippen molar-refractivity contribution in [3.63, 3.8) is 0 Å². The Bertz CT molecular complexity index is 69.1. The van der Waals surface area contributed by atoms with E-state index in [0.29, 0.717) is 0 Å². The summed E-state index contributed by atoms with van der Waals surface area (Å²) in [6.07, 6.45) is 0. The third-order valence-corrected chi connectivity index (χ3v) is 0. The Morgan fingerprint density at radius 3 is 0.778 bits per heavy atom. The van der Waals surface area contributed by atoms with Crippen molar-refractivity contribution in [2.75, 3.05) is 0 Å². The molecule has 0 heterocycles. The van der Waals surface area contributed by atoms with Crippen LogP contribution in [0, 0.1) is 0 Å². The first-order chi connectivity index (χ1) is 3.46. The maximum Gasteiger partial charge on any atom is 2.00 e. The molecular weight excluding hydrogens is 359 g/mol. The Kier molecular flexibility index (Phi) is 19.7. The van der Waals surface area contributed by atoms with Gasteiger partial charge in [0.25, 0.3) is 0 Å². The van der Waals surface area contributed by atoms with Crippen LogP contribution in [0.15, 0.2) is 0 Å². The van der Waals surface area contributed by atoms with E-state index in [4.69, 9.17) is 28.1 Å². The van der Waals surface area contributed by atoms with Gasteiger partial charge in [0.1, 0.15) is 0 Å². The van der Waals surface area contributed by atoms with Crippen molar-refractivity contribution < 1.29 is 28.1 Å². The van der Waals surface area contributed by atoms with Gasteiger partial charge in [-0.3, -0.25) is 0 Å². The van der Waals surface area contributed by atoms with E-state index in [0.717, 1.165) is 0 Å². The monoisotopic (exact) mass is 360 g/mol. The first-order valence-electron chi connectivity index (χ1n) is 1.22. The molecule has 0 atom stereocenters. The summed E-state index contributed by atoms with van der Waals surface area (Å²) in [5, 5.41) is 0. The molecule has 0 aromatic heterocycles. The minimum absolute atomic E-state index is 0. The molecule has 0 fully saturated rings. The van der Waals surface area contributed by atoms with Gasteiger partial charge in [-0.05, 0) is 0 Å². The fourth-order valence-electron chi connectivity index (χ4n) is 0. The summed E-state index contributed by atoms with van der Waals surface area (Å²) < 4.78 is 17.0. The third-order valence-electron chi connectivity index (χ3n) is 0. The zero-order chi connectivity index (χ0) is 7.15. The third kappa shape index (κ3) is 12700. The summed E-state index contributed by atoms with van der Waals surface area (Å²) in [6.45, 7) is 0. The van der Waals surface area contributed by atoms with Crippen molar-refractivity contribution in [1.29, 1.82) is 0 Å². The second-order valence-electron chi connectivity index (χ2n) is 0.500. The summed E-state index contributed by atoms with van der Waals surface area (Å²) in [5.74, 6) is 0. The molecule has 0 saturated heterocycles. The van der Waals surface area contributed by atoms with Crippen LogP contribution in [0.2, 0.25) is 0 Å². The second-order valence-corrected chi connectivity index (χ2v) is 1.50. The molecule has 0 rings (SSSR count). The molecule has 0 aliphatic heterocycles. The van der Waals surface area contributed by atoms with Crippen molar-refractivity contribution in [2.45, 2.75) is 0 Å². The molecule has 0 spiro atoms. The predicted octanol–water partition coefficient (Wildman–Crippen LogP) is -6.14. The Hall–Kier alpha value is 0.156. The standard InChI is InChI=1S/2O3Si.Pb/c2*1-4(2)3;/q2*-2;+2. The topological polar surface area (TPSA) is 126 Å². The first kappa shape index (κ1) is 16.1. The molecule has 0 bridgehead atoms. The Morgan fingerprint density at radius 1 is 0.778 bits per heavy atom. The predicted molar refractivity (Wildman–Crippen MR) is 18.6 cm³/mol. The average Bonchev–Trinajstić information content (AvgIpc) is 1.25. The molecule has 0 saturated carbocycles. The van der Waals surface area contributed by atoms with Crippen LogP contribution >= 0.6 is 0 Å². The average molecular weight is 359 g/mol. The summed E-state index contributed by atoms with van der Waals surface area (Å²) in [6, 6.07) is 0. The number of rotatable bonds is 0. The molecule has 0 N–H and O–H groups in total. The van der Waals surface area contributed by atoms with Crippen LogP contribution in [0.5, 0.6) is 0 Å². The summed E-state index contributed by atoms with van der Waals surface area (Å²) in [4.78, 5) is 34.1. The first-order valence-corrected chi connectivity index (χ1v) is 3.67. The van der Waals surface area contributed by atoms with E-state index >= 15 is 0 Å². The van der Waals surface area contributed by atoms with Crippen LogP contribution in [-0.4, -0.2) is 45.6 Å². The van der Waals surface area contributed by atoms with E-state index in [2.05, 4.69) is 0 Å². The van der Waals surface area contributed by atoms with Gasteiger partial charge < -0.3 is 28.1 Å². The fourth-order valence-corrected chi connectivity index (χ4v) is 0. The molecule has 9 heavy (non-hydrogen) atoms.